The molecule has 0 aliphatic carbocycles. The molecule has 0 radical (unpaired) electrons. The molecule has 1 heteroatoms. The summed E-state index contributed by atoms with van der Waals surface area (Å²) >= 11 is 0. The lowest BCUT2D eigenvalue weighted by molar-refractivity contribution is 0.418. The van der Waals surface area contributed by atoms with Crippen LogP contribution in [-0.4, -0.2) is 18.0 Å². The molecule has 0 unspecified atom stereocenters. The fraction of sp³-hybridized carbons (Fsp3) is 0.429. The second-order valence-corrected chi connectivity index (χ2v) is 3.89. The Balaban J connectivity index is 2.78. The van der Waals surface area contributed by atoms with Crippen LogP contribution in [0.25, 0.3) is 5.70 Å². The van der Waals surface area contributed by atoms with Gasteiger partial charge in [0.05, 0.1) is 0 Å². The van der Waals surface area contributed by atoms with Crippen LogP contribution in [0.3, 0.4) is 0 Å². The molecule has 0 atom stereocenters. The highest BCUT2D eigenvalue weighted by Gasteiger charge is 2.05. The van der Waals surface area contributed by atoms with Crippen LogP contribution >= 0.6 is 0 Å². The molecule has 0 amide bonds. The third kappa shape index (κ3) is 3.12. The largest absolute Gasteiger partial charge is 0.372 e. The Hall–Kier alpha value is -1.24. The molecule has 1 aromatic rings. The van der Waals surface area contributed by atoms with Crippen LogP contribution in [-0.2, 0) is 0 Å². The number of nitrogens with zero attached hydrogens (tertiary/aromatic N) is 1. The van der Waals surface area contributed by atoms with Crippen LogP contribution in [0, 0.1) is 6.92 Å². The summed E-state index contributed by atoms with van der Waals surface area (Å²) in [6, 6.07) is 8.58. The molecule has 1 nitrogen and oxygen atoms in total. The van der Waals surface area contributed by atoms with Crippen molar-refractivity contribution in [2.24, 2.45) is 0 Å². The molecule has 0 N–H and O–H groups in total. The van der Waals surface area contributed by atoms with Crippen molar-refractivity contribution in [3.05, 3.63) is 42.0 Å². The summed E-state index contributed by atoms with van der Waals surface area (Å²) in [4.78, 5) is 2.32. The Kier molecular flexibility index (Phi) is 4.41. The van der Waals surface area contributed by atoms with Crippen molar-refractivity contribution in [2.45, 2.75) is 27.2 Å². The van der Waals surface area contributed by atoms with Crippen molar-refractivity contribution < 1.29 is 0 Å². The molecule has 0 aliphatic heterocycles. The molecule has 15 heavy (non-hydrogen) atoms. The summed E-state index contributed by atoms with van der Waals surface area (Å²) in [7, 11) is 0. The van der Waals surface area contributed by atoms with E-state index < -0.39 is 0 Å². The van der Waals surface area contributed by atoms with Crippen molar-refractivity contribution in [1.82, 2.24) is 4.90 Å². The maximum Gasteiger partial charge on any atom is 0.0366 e. The van der Waals surface area contributed by atoms with Crippen LogP contribution < -0.4 is 0 Å². The van der Waals surface area contributed by atoms with Crippen molar-refractivity contribution in [2.75, 3.05) is 13.1 Å². The molecule has 0 heterocycles. The van der Waals surface area contributed by atoms with Crippen LogP contribution in [0.4, 0.5) is 0 Å². The Morgan fingerprint density at radius 1 is 1.20 bits per heavy atom. The summed E-state index contributed by atoms with van der Waals surface area (Å²) in [5, 5.41) is 0. The highest BCUT2D eigenvalue weighted by molar-refractivity contribution is 5.61. The summed E-state index contributed by atoms with van der Waals surface area (Å²) in [6.07, 6.45) is 1.17. The number of hydrogen-bond donors (Lipinski definition) is 0. The topological polar surface area (TPSA) is 3.24 Å². The molecule has 0 saturated heterocycles. The van der Waals surface area contributed by atoms with Crippen LogP contribution in [0.5, 0.6) is 0 Å². The van der Waals surface area contributed by atoms with Gasteiger partial charge in [0.1, 0.15) is 0 Å². The molecule has 0 bridgehead atoms. The zero-order valence-corrected chi connectivity index (χ0v) is 10.1. The Morgan fingerprint density at radius 3 is 2.27 bits per heavy atom. The zero-order chi connectivity index (χ0) is 11.3. The van der Waals surface area contributed by atoms with Gasteiger partial charge >= 0.3 is 0 Å². The monoisotopic (exact) mass is 203 g/mol. The van der Waals surface area contributed by atoms with Gasteiger partial charge in [0.2, 0.25) is 0 Å². The van der Waals surface area contributed by atoms with Gasteiger partial charge in [0.25, 0.3) is 0 Å². The van der Waals surface area contributed by atoms with E-state index in [4.69, 9.17) is 0 Å². The number of benzene rings is 1. The fourth-order valence-corrected chi connectivity index (χ4v) is 1.68. The number of hydrogen-bond acceptors (Lipinski definition) is 1. The molecule has 0 spiro atoms. The van der Waals surface area contributed by atoms with Gasteiger partial charge in [-0.25, -0.2) is 0 Å². The van der Waals surface area contributed by atoms with Gasteiger partial charge in [-0.3, -0.25) is 0 Å². The second-order valence-electron chi connectivity index (χ2n) is 3.89. The van der Waals surface area contributed by atoms with Gasteiger partial charge in [-0.1, -0.05) is 43.3 Å². The Labute approximate surface area is 93.4 Å². The molecule has 0 saturated carbocycles. The quantitative estimate of drug-likeness (QED) is 0.705. The minimum atomic E-state index is 1.03. The second kappa shape index (κ2) is 5.59. The Morgan fingerprint density at radius 2 is 1.80 bits per heavy atom. The van der Waals surface area contributed by atoms with Gasteiger partial charge in [0.15, 0.2) is 0 Å². The highest BCUT2D eigenvalue weighted by atomic mass is 15.1. The van der Waals surface area contributed by atoms with Crippen molar-refractivity contribution in [1.29, 1.82) is 0 Å². The lowest BCUT2D eigenvalue weighted by Crippen LogP contribution is -2.21. The normalized spacial score (nSPS) is 10.1. The van der Waals surface area contributed by atoms with E-state index in [1.165, 1.54) is 17.5 Å². The smallest absolute Gasteiger partial charge is 0.0366 e. The SMILES string of the molecule is C=C(c1ccc(C)cc1)N(CC)CCC. The minimum absolute atomic E-state index is 1.03. The summed E-state index contributed by atoms with van der Waals surface area (Å²) < 4.78 is 0. The first-order valence-corrected chi connectivity index (χ1v) is 5.70. The third-order valence-corrected chi connectivity index (χ3v) is 2.64. The lowest BCUT2D eigenvalue weighted by atomic mass is 10.1. The van der Waals surface area contributed by atoms with E-state index in [-0.39, 0.29) is 0 Å². The average molecular weight is 203 g/mol. The first kappa shape index (κ1) is 11.8. The lowest BCUT2D eigenvalue weighted by Gasteiger charge is -2.24. The van der Waals surface area contributed by atoms with Crippen molar-refractivity contribution in [3.63, 3.8) is 0 Å². The minimum Gasteiger partial charge on any atom is -0.372 e. The molecule has 82 valence electrons. The molecule has 1 rings (SSSR count). The van der Waals surface area contributed by atoms with E-state index in [2.05, 4.69) is 56.5 Å². The standard InChI is InChI=1S/C14H21N/c1-5-11-15(6-2)13(4)14-9-7-12(3)8-10-14/h7-10H,4-6,11H2,1-3H3. The maximum atomic E-state index is 4.17. The Bertz CT molecular complexity index is 311. The first-order valence-electron chi connectivity index (χ1n) is 5.70. The molecular formula is C14H21N. The maximum absolute atomic E-state index is 4.17. The van der Waals surface area contributed by atoms with Gasteiger partial charge in [-0.05, 0) is 25.8 Å². The average Bonchev–Trinajstić information content (AvgIpc) is 2.26. The molecule has 0 aromatic heterocycles. The molecular weight excluding hydrogens is 182 g/mol. The van der Waals surface area contributed by atoms with Crippen molar-refractivity contribution >= 4 is 5.70 Å². The van der Waals surface area contributed by atoms with Gasteiger partial charge in [-0.15, -0.1) is 0 Å². The van der Waals surface area contributed by atoms with E-state index in [0.29, 0.717) is 0 Å². The van der Waals surface area contributed by atoms with E-state index in [0.717, 1.165) is 18.8 Å². The van der Waals surface area contributed by atoms with Crippen LogP contribution in [0.2, 0.25) is 0 Å². The summed E-state index contributed by atoms with van der Waals surface area (Å²) in [5.74, 6) is 0. The van der Waals surface area contributed by atoms with Gasteiger partial charge in [0, 0.05) is 18.8 Å². The highest BCUT2D eigenvalue weighted by Crippen LogP contribution is 2.17. The van der Waals surface area contributed by atoms with Crippen LogP contribution in [0.15, 0.2) is 30.8 Å². The number of rotatable bonds is 5. The molecule has 0 aliphatic rings. The van der Waals surface area contributed by atoms with Gasteiger partial charge < -0.3 is 4.90 Å². The van der Waals surface area contributed by atoms with Crippen LogP contribution in [0.1, 0.15) is 31.4 Å². The predicted octanol–water partition coefficient (Wildman–Crippen LogP) is 3.70. The summed E-state index contributed by atoms with van der Waals surface area (Å²) in [5.41, 5.74) is 3.67. The fourth-order valence-electron chi connectivity index (χ4n) is 1.68. The third-order valence-electron chi connectivity index (χ3n) is 2.64. The zero-order valence-electron chi connectivity index (χ0n) is 10.1. The molecule has 1 aromatic carbocycles. The van der Waals surface area contributed by atoms with E-state index in [9.17, 15) is 0 Å². The van der Waals surface area contributed by atoms with Crippen molar-refractivity contribution in [3.8, 4) is 0 Å². The summed E-state index contributed by atoms with van der Waals surface area (Å²) in [6.45, 7) is 12.8. The first-order chi connectivity index (χ1) is 7.19. The molecule has 0 fully saturated rings. The van der Waals surface area contributed by atoms with E-state index in [1.807, 2.05) is 0 Å². The predicted molar refractivity (Wildman–Crippen MR) is 67.8 cm³/mol. The van der Waals surface area contributed by atoms with Gasteiger partial charge in [-0.2, -0.15) is 0 Å². The van der Waals surface area contributed by atoms with E-state index in [1.54, 1.807) is 0 Å². The van der Waals surface area contributed by atoms with E-state index >= 15 is 0 Å². The number of aryl methyl sites for hydroxylation is 1.